The molecule has 1 heterocycles. The molecule has 3 aromatic rings. The summed E-state index contributed by atoms with van der Waals surface area (Å²) in [5.74, 6) is 1.31. The van der Waals surface area contributed by atoms with Gasteiger partial charge in [-0.1, -0.05) is 40.2 Å². The summed E-state index contributed by atoms with van der Waals surface area (Å²) in [7, 11) is 0. The van der Waals surface area contributed by atoms with Gasteiger partial charge in [-0.3, -0.25) is 4.79 Å². The van der Waals surface area contributed by atoms with E-state index in [0.29, 0.717) is 17.2 Å². The number of ketones is 1. The molecule has 0 unspecified atom stereocenters. The van der Waals surface area contributed by atoms with Crippen molar-refractivity contribution in [2.75, 3.05) is 0 Å². The number of hydrogen-bond acceptors (Lipinski definition) is 3. The molecule has 2 aromatic carbocycles. The zero-order valence-corrected chi connectivity index (χ0v) is 12.9. The van der Waals surface area contributed by atoms with Crippen molar-refractivity contribution in [3.05, 3.63) is 64.8 Å². The molecule has 0 aliphatic rings. The molecule has 3 nitrogen and oxygen atoms in total. The van der Waals surface area contributed by atoms with Crippen molar-refractivity contribution in [3.63, 3.8) is 0 Å². The van der Waals surface area contributed by atoms with Gasteiger partial charge in [0.15, 0.2) is 11.5 Å². The minimum Gasteiger partial charge on any atom is -0.436 e. The van der Waals surface area contributed by atoms with Crippen molar-refractivity contribution in [3.8, 4) is 22.8 Å². The number of aromatic nitrogens is 1. The van der Waals surface area contributed by atoms with E-state index in [1.165, 1.54) is 0 Å². The summed E-state index contributed by atoms with van der Waals surface area (Å²) in [5.41, 5.74) is 2.50. The Morgan fingerprint density at radius 2 is 1.62 bits per heavy atom. The van der Waals surface area contributed by atoms with E-state index in [0.717, 1.165) is 15.6 Å². The van der Waals surface area contributed by atoms with Crippen molar-refractivity contribution in [2.45, 2.75) is 6.92 Å². The molecule has 1 aromatic heterocycles. The van der Waals surface area contributed by atoms with Gasteiger partial charge in [-0.15, -0.1) is 0 Å². The lowest BCUT2D eigenvalue weighted by molar-refractivity contribution is 0.101. The fourth-order valence-corrected chi connectivity index (χ4v) is 2.27. The molecule has 0 saturated carbocycles. The first-order valence-electron chi connectivity index (χ1n) is 6.46. The molecule has 0 bridgehead atoms. The molecule has 0 aliphatic heterocycles. The lowest BCUT2D eigenvalue weighted by Crippen LogP contribution is -1.90. The summed E-state index contributed by atoms with van der Waals surface area (Å²) in [6, 6.07) is 15.1. The zero-order chi connectivity index (χ0) is 14.8. The van der Waals surface area contributed by atoms with Crippen LogP contribution >= 0.6 is 15.9 Å². The lowest BCUT2D eigenvalue weighted by atomic mass is 10.1. The van der Waals surface area contributed by atoms with Crippen LogP contribution in [0.15, 0.2) is 63.6 Å². The van der Waals surface area contributed by atoms with Crippen molar-refractivity contribution >= 4 is 21.7 Å². The van der Waals surface area contributed by atoms with Crippen LogP contribution in [-0.2, 0) is 0 Å². The molecule has 0 atom stereocenters. The summed E-state index contributed by atoms with van der Waals surface area (Å²) in [6.07, 6.45) is 1.71. The molecule has 0 radical (unpaired) electrons. The third kappa shape index (κ3) is 2.95. The van der Waals surface area contributed by atoms with Crippen LogP contribution in [0.4, 0.5) is 0 Å². The second-order valence-corrected chi connectivity index (χ2v) is 5.59. The molecule has 3 rings (SSSR count). The maximum atomic E-state index is 11.3. The Balaban J connectivity index is 1.90. The van der Waals surface area contributed by atoms with Gasteiger partial charge in [0, 0.05) is 21.2 Å². The summed E-state index contributed by atoms with van der Waals surface area (Å²) in [6.45, 7) is 1.55. The summed E-state index contributed by atoms with van der Waals surface area (Å²) in [5, 5.41) is 0. The molecule has 104 valence electrons. The van der Waals surface area contributed by atoms with E-state index < -0.39 is 0 Å². The Morgan fingerprint density at radius 3 is 2.24 bits per heavy atom. The number of Topliss-reactive ketones (excluding diaryl/α,β-unsaturated/α-hetero) is 1. The lowest BCUT2D eigenvalue weighted by Gasteiger charge is -1.99. The molecule has 4 heteroatoms. The van der Waals surface area contributed by atoms with Gasteiger partial charge in [-0.25, -0.2) is 4.98 Å². The number of nitrogens with zero attached hydrogens (tertiary/aromatic N) is 1. The van der Waals surface area contributed by atoms with Crippen molar-refractivity contribution in [1.29, 1.82) is 0 Å². The molecule has 0 aliphatic carbocycles. The predicted molar refractivity (Wildman–Crippen MR) is 85.1 cm³/mol. The van der Waals surface area contributed by atoms with Crippen molar-refractivity contribution in [1.82, 2.24) is 4.98 Å². The summed E-state index contributed by atoms with van der Waals surface area (Å²) < 4.78 is 6.80. The van der Waals surface area contributed by atoms with Gasteiger partial charge < -0.3 is 4.42 Å². The first kappa shape index (κ1) is 13.8. The first-order valence-corrected chi connectivity index (χ1v) is 7.26. The molecule has 21 heavy (non-hydrogen) atoms. The standard InChI is InChI=1S/C17H12BrNO2/c1-11(20)12-2-4-14(5-3-12)17-19-10-16(21-17)13-6-8-15(18)9-7-13/h2-10H,1H3. The number of carbonyl (C=O) groups is 1. The first-order chi connectivity index (χ1) is 10.1. The molecule has 0 spiro atoms. The van der Waals surface area contributed by atoms with Gasteiger partial charge >= 0.3 is 0 Å². The van der Waals surface area contributed by atoms with Gasteiger partial charge in [0.25, 0.3) is 0 Å². The van der Waals surface area contributed by atoms with Crippen molar-refractivity contribution in [2.24, 2.45) is 0 Å². The number of carbonyl (C=O) groups excluding carboxylic acids is 1. The van der Waals surface area contributed by atoms with E-state index >= 15 is 0 Å². The van der Waals surface area contributed by atoms with E-state index in [-0.39, 0.29) is 5.78 Å². The summed E-state index contributed by atoms with van der Waals surface area (Å²) >= 11 is 3.40. The van der Waals surface area contributed by atoms with Gasteiger partial charge in [0.05, 0.1) is 6.20 Å². The van der Waals surface area contributed by atoms with Crippen LogP contribution in [0.25, 0.3) is 22.8 Å². The topological polar surface area (TPSA) is 43.1 Å². The molecular weight excluding hydrogens is 330 g/mol. The Morgan fingerprint density at radius 1 is 1.00 bits per heavy atom. The van der Waals surface area contributed by atoms with Gasteiger partial charge in [-0.2, -0.15) is 0 Å². The zero-order valence-electron chi connectivity index (χ0n) is 11.3. The van der Waals surface area contributed by atoms with Crippen LogP contribution in [0.2, 0.25) is 0 Å². The summed E-state index contributed by atoms with van der Waals surface area (Å²) in [4.78, 5) is 15.6. The quantitative estimate of drug-likeness (QED) is 0.631. The van der Waals surface area contributed by atoms with Gasteiger partial charge in [0.1, 0.15) is 0 Å². The third-order valence-electron chi connectivity index (χ3n) is 3.17. The van der Waals surface area contributed by atoms with E-state index in [1.54, 1.807) is 25.3 Å². The fraction of sp³-hybridized carbons (Fsp3) is 0.0588. The SMILES string of the molecule is CC(=O)c1ccc(-c2ncc(-c3ccc(Br)cc3)o2)cc1. The van der Waals surface area contributed by atoms with E-state index in [4.69, 9.17) is 4.42 Å². The van der Waals surface area contributed by atoms with Gasteiger partial charge in [-0.05, 0) is 31.2 Å². The van der Waals surface area contributed by atoms with Crippen LogP contribution in [-0.4, -0.2) is 10.8 Å². The number of benzene rings is 2. The highest BCUT2D eigenvalue weighted by Gasteiger charge is 2.09. The van der Waals surface area contributed by atoms with Crippen LogP contribution < -0.4 is 0 Å². The Bertz CT molecular complexity index is 773. The highest BCUT2D eigenvalue weighted by Crippen LogP contribution is 2.27. The molecule has 0 saturated heterocycles. The second-order valence-electron chi connectivity index (χ2n) is 4.67. The smallest absolute Gasteiger partial charge is 0.226 e. The maximum absolute atomic E-state index is 11.3. The normalized spacial score (nSPS) is 10.6. The second kappa shape index (κ2) is 5.66. The molecular formula is C17H12BrNO2. The fourth-order valence-electron chi connectivity index (χ4n) is 2.00. The predicted octanol–water partition coefficient (Wildman–Crippen LogP) is 4.97. The van der Waals surface area contributed by atoms with E-state index in [9.17, 15) is 4.79 Å². The number of oxazole rings is 1. The van der Waals surface area contributed by atoms with Crippen molar-refractivity contribution < 1.29 is 9.21 Å². The molecule has 0 amide bonds. The third-order valence-corrected chi connectivity index (χ3v) is 3.70. The van der Waals surface area contributed by atoms with Crippen LogP contribution in [0, 0.1) is 0 Å². The van der Waals surface area contributed by atoms with Crippen LogP contribution in [0.5, 0.6) is 0 Å². The number of halogens is 1. The Kier molecular flexibility index (Phi) is 3.71. The minimum atomic E-state index is 0.0458. The van der Waals surface area contributed by atoms with E-state index in [1.807, 2.05) is 36.4 Å². The average molecular weight is 342 g/mol. The highest BCUT2D eigenvalue weighted by atomic mass is 79.9. The van der Waals surface area contributed by atoms with Crippen LogP contribution in [0.1, 0.15) is 17.3 Å². The minimum absolute atomic E-state index is 0.0458. The average Bonchev–Trinajstić information content (AvgIpc) is 2.98. The van der Waals surface area contributed by atoms with Gasteiger partial charge in [0.2, 0.25) is 5.89 Å². The monoisotopic (exact) mass is 341 g/mol. The molecule has 0 fully saturated rings. The Labute approximate surface area is 130 Å². The molecule has 0 N–H and O–H groups in total. The highest BCUT2D eigenvalue weighted by molar-refractivity contribution is 9.10. The number of hydrogen-bond donors (Lipinski definition) is 0. The van der Waals surface area contributed by atoms with E-state index in [2.05, 4.69) is 20.9 Å². The largest absolute Gasteiger partial charge is 0.436 e. The Hall–Kier alpha value is -2.20. The van der Waals surface area contributed by atoms with Crippen LogP contribution in [0.3, 0.4) is 0 Å². The maximum Gasteiger partial charge on any atom is 0.226 e. The number of rotatable bonds is 3.